The van der Waals surface area contributed by atoms with Gasteiger partial charge in [0.2, 0.25) is 5.91 Å². The summed E-state index contributed by atoms with van der Waals surface area (Å²) in [6.07, 6.45) is 0.867. The molecule has 0 fully saturated rings. The zero-order valence-corrected chi connectivity index (χ0v) is 12.3. The molecule has 0 bridgehead atoms. The first-order chi connectivity index (χ1) is 9.60. The zero-order valence-electron chi connectivity index (χ0n) is 11.6. The average molecular weight is 296 g/mol. The first-order valence-corrected chi connectivity index (χ1v) is 6.74. The summed E-state index contributed by atoms with van der Waals surface area (Å²) in [5, 5.41) is 15.1. The Labute approximate surface area is 123 Å². The number of hydrogen-bond acceptors (Lipinski definition) is 4. The van der Waals surface area contributed by atoms with Crippen molar-refractivity contribution in [3.63, 3.8) is 0 Å². The monoisotopic (exact) mass is 295 g/mol. The number of carbonyl (C=O) groups is 1. The summed E-state index contributed by atoms with van der Waals surface area (Å²) in [6, 6.07) is 6.83. The molecule has 1 aromatic carbocycles. The third-order valence-corrected chi connectivity index (χ3v) is 2.96. The van der Waals surface area contributed by atoms with Crippen LogP contribution in [0.15, 0.2) is 18.2 Å². The van der Waals surface area contributed by atoms with Crippen LogP contribution in [0.4, 0.5) is 5.69 Å². The molecule has 1 unspecified atom stereocenters. The van der Waals surface area contributed by atoms with Crippen LogP contribution in [0.1, 0.15) is 19.8 Å². The van der Waals surface area contributed by atoms with E-state index in [1.54, 1.807) is 25.3 Å². The second-order valence-corrected chi connectivity index (χ2v) is 4.62. The number of rotatable bonds is 7. The van der Waals surface area contributed by atoms with Gasteiger partial charge in [0.25, 0.3) is 0 Å². The Balaban J connectivity index is 2.47. The van der Waals surface area contributed by atoms with Crippen molar-refractivity contribution in [2.45, 2.75) is 25.8 Å². The standard InChI is InChI=1S/C14H18ClN3O2/c1-3-11(9-16)18-14(19)6-7-17-12-8-10(15)4-5-13(12)20-2/h4-5,8,11,17H,3,6-7H2,1-2H3,(H,18,19). The predicted molar refractivity (Wildman–Crippen MR) is 78.9 cm³/mol. The first-order valence-electron chi connectivity index (χ1n) is 6.37. The second kappa shape index (κ2) is 8.28. The van der Waals surface area contributed by atoms with Crippen LogP contribution >= 0.6 is 11.6 Å². The highest BCUT2D eigenvalue weighted by atomic mass is 35.5. The second-order valence-electron chi connectivity index (χ2n) is 4.18. The fourth-order valence-electron chi connectivity index (χ4n) is 1.62. The van der Waals surface area contributed by atoms with E-state index < -0.39 is 6.04 Å². The van der Waals surface area contributed by atoms with Crippen molar-refractivity contribution in [2.24, 2.45) is 0 Å². The fourth-order valence-corrected chi connectivity index (χ4v) is 1.79. The van der Waals surface area contributed by atoms with Gasteiger partial charge in [0.15, 0.2) is 0 Å². The number of hydrogen-bond donors (Lipinski definition) is 2. The Morgan fingerprint density at radius 2 is 2.30 bits per heavy atom. The summed E-state index contributed by atoms with van der Waals surface area (Å²) in [5.41, 5.74) is 0.736. The zero-order chi connectivity index (χ0) is 15.0. The fraction of sp³-hybridized carbons (Fsp3) is 0.429. The van der Waals surface area contributed by atoms with E-state index in [0.29, 0.717) is 23.7 Å². The smallest absolute Gasteiger partial charge is 0.222 e. The number of amides is 1. The van der Waals surface area contributed by atoms with Crippen LogP contribution in [0.5, 0.6) is 5.75 Å². The Kier molecular flexibility index (Phi) is 6.68. The molecule has 0 heterocycles. The number of nitrogens with one attached hydrogen (secondary N) is 2. The minimum atomic E-state index is -0.428. The number of anilines is 1. The van der Waals surface area contributed by atoms with E-state index in [2.05, 4.69) is 10.6 Å². The van der Waals surface area contributed by atoms with E-state index in [1.165, 1.54) is 0 Å². The van der Waals surface area contributed by atoms with Gasteiger partial charge in [0.05, 0.1) is 18.9 Å². The molecule has 2 N–H and O–H groups in total. The van der Waals surface area contributed by atoms with Crippen molar-refractivity contribution in [3.05, 3.63) is 23.2 Å². The highest BCUT2D eigenvalue weighted by Gasteiger charge is 2.09. The molecule has 0 aromatic heterocycles. The largest absolute Gasteiger partial charge is 0.495 e. The van der Waals surface area contributed by atoms with Gasteiger partial charge in [-0.15, -0.1) is 0 Å². The summed E-state index contributed by atoms with van der Waals surface area (Å²) >= 11 is 5.91. The van der Waals surface area contributed by atoms with Crippen molar-refractivity contribution >= 4 is 23.2 Å². The van der Waals surface area contributed by atoms with Crippen LogP contribution in [0, 0.1) is 11.3 Å². The van der Waals surface area contributed by atoms with Gasteiger partial charge in [-0.2, -0.15) is 5.26 Å². The summed E-state index contributed by atoms with van der Waals surface area (Å²) < 4.78 is 5.19. The van der Waals surface area contributed by atoms with Crippen LogP contribution in [0.2, 0.25) is 5.02 Å². The molecule has 0 aliphatic carbocycles. The molecular formula is C14H18ClN3O2. The van der Waals surface area contributed by atoms with Crippen molar-refractivity contribution in [1.29, 1.82) is 5.26 Å². The summed E-state index contributed by atoms with van der Waals surface area (Å²) in [5.74, 6) is 0.505. The minimum absolute atomic E-state index is 0.160. The maximum atomic E-state index is 11.6. The number of ether oxygens (including phenoxy) is 1. The molecule has 0 saturated heterocycles. The van der Waals surface area contributed by atoms with Crippen LogP contribution < -0.4 is 15.4 Å². The van der Waals surface area contributed by atoms with Gasteiger partial charge in [-0.25, -0.2) is 0 Å². The van der Waals surface area contributed by atoms with Gasteiger partial charge >= 0.3 is 0 Å². The third kappa shape index (κ3) is 4.98. The lowest BCUT2D eigenvalue weighted by molar-refractivity contribution is -0.121. The highest BCUT2D eigenvalue weighted by Crippen LogP contribution is 2.27. The number of carbonyl (C=O) groups excluding carboxylic acids is 1. The first kappa shape index (κ1) is 16.1. The minimum Gasteiger partial charge on any atom is -0.495 e. The molecule has 1 amide bonds. The number of benzene rings is 1. The van der Waals surface area contributed by atoms with E-state index in [9.17, 15) is 4.79 Å². The molecule has 0 saturated carbocycles. The Morgan fingerprint density at radius 1 is 1.55 bits per heavy atom. The third-order valence-electron chi connectivity index (χ3n) is 2.73. The summed E-state index contributed by atoms with van der Waals surface area (Å²) in [4.78, 5) is 11.6. The van der Waals surface area contributed by atoms with E-state index in [-0.39, 0.29) is 12.3 Å². The van der Waals surface area contributed by atoms with Crippen LogP contribution in [-0.4, -0.2) is 25.6 Å². The molecule has 1 atom stereocenters. The van der Waals surface area contributed by atoms with Gasteiger partial charge < -0.3 is 15.4 Å². The molecule has 108 valence electrons. The number of nitriles is 1. The van der Waals surface area contributed by atoms with Crippen molar-refractivity contribution in [1.82, 2.24) is 5.32 Å². The summed E-state index contributed by atoms with van der Waals surface area (Å²) in [6.45, 7) is 2.29. The van der Waals surface area contributed by atoms with Crippen LogP contribution in [0.3, 0.4) is 0 Å². The van der Waals surface area contributed by atoms with E-state index in [0.717, 1.165) is 5.69 Å². The Morgan fingerprint density at radius 3 is 2.90 bits per heavy atom. The van der Waals surface area contributed by atoms with E-state index in [1.807, 2.05) is 13.0 Å². The van der Waals surface area contributed by atoms with Gasteiger partial charge in [-0.1, -0.05) is 18.5 Å². The maximum Gasteiger partial charge on any atom is 0.222 e. The maximum absolute atomic E-state index is 11.6. The average Bonchev–Trinajstić information content (AvgIpc) is 2.45. The highest BCUT2D eigenvalue weighted by molar-refractivity contribution is 6.30. The lowest BCUT2D eigenvalue weighted by Crippen LogP contribution is -2.34. The van der Waals surface area contributed by atoms with Gasteiger partial charge in [0, 0.05) is 18.0 Å². The Hall–Kier alpha value is -1.93. The Bertz CT molecular complexity index is 500. The molecule has 0 spiro atoms. The lowest BCUT2D eigenvalue weighted by Gasteiger charge is -2.12. The molecule has 6 heteroatoms. The lowest BCUT2D eigenvalue weighted by atomic mass is 10.2. The molecule has 0 radical (unpaired) electrons. The van der Waals surface area contributed by atoms with Gasteiger partial charge in [0.1, 0.15) is 11.8 Å². The SMILES string of the molecule is CCC(C#N)NC(=O)CCNc1cc(Cl)ccc1OC. The molecule has 1 rings (SSSR count). The van der Waals surface area contributed by atoms with Gasteiger partial charge in [-0.05, 0) is 24.6 Å². The van der Waals surface area contributed by atoms with Crippen molar-refractivity contribution < 1.29 is 9.53 Å². The number of nitrogens with zero attached hydrogens (tertiary/aromatic N) is 1. The topological polar surface area (TPSA) is 74.2 Å². The quantitative estimate of drug-likeness (QED) is 0.811. The molecule has 0 aliphatic heterocycles. The molecule has 5 nitrogen and oxygen atoms in total. The molecule has 20 heavy (non-hydrogen) atoms. The number of halogens is 1. The van der Waals surface area contributed by atoms with E-state index in [4.69, 9.17) is 21.6 Å². The normalized spacial score (nSPS) is 11.3. The number of methoxy groups -OCH3 is 1. The predicted octanol–water partition coefficient (Wildman–Crippen LogP) is 2.57. The summed E-state index contributed by atoms with van der Waals surface area (Å²) in [7, 11) is 1.57. The van der Waals surface area contributed by atoms with Crippen molar-refractivity contribution in [3.8, 4) is 11.8 Å². The molecule has 0 aliphatic rings. The molecule has 1 aromatic rings. The molecular weight excluding hydrogens is 278 g/mol. The van der Waals surface area contributed by atoms with Crippen molar-refractivity contribution in [2.75, 3.05) is 19.0 Å². The van der Waals surface area contributed by atoms with Crippen LogP contribution in [-0.2, 0) is 4.79 Å². The van der Waals surface area contributed by atoms with Gasteiger partial charge in [-0.3, -0.25) is 4.79 Å². The van der Waals surface area contributed by atoms with E-state index >= 15 is 0 Å². The van der Waals surface area contributed by atoms with Crippen LogP contribution in [0.25, 0.3) is 0 Å².